The Morgan fingerprint density at radius 2 is 1.87 bits per heavy atom. The van der Waals surface area contributed by atoms with Gasteiger partial charge in [-0.15, -0.1) is 0 Å². The van der Waals surface area contributed by atoms with Gasteiger partial charge in [0.2, 0.25) is 0 Å². The fourth-order valence-electron chi connectivity index (χ4n) is 4.01. The van der Waals surface area contributed by atoms with Crippen LogP contribution in [0, 0.1) is 0 Å². The van der Waals surface area contributed by atoms with Crippen LogP contribution >= 0.6 is 11.6 Å². The third-order valence-electron chi connectivity index (χ3n) is 5.70. The molecule has 2 heterocycles. The van der Waals surface area contributed by atoms with E-state index in [1.54, 1.807) is 0 Å². The van der Waals surface area contributed by atoms with Crippen molar-refractivity contribution in [1.29, 1.82) is 0 Å². The van der Waals surface area contributed by atoms with Crippen LogP contribution in [-0.4, -0.2) is 58.4 Å². The van der Waals surface area contributed by atoms with Crippen LogP contribution in [0.5, 0.6) is 0 Å². The zero-order valence-corrected chi connectivity index (χ0v) is 18.2. The van der Waals surface area contributed by atoms with Gasteiger partial charge in [-0.2, -0.15) is 0 Å². The number of hydrogen-bond donors (Lipinski definition) is 2. The quantitative estimate of drug-likeness (QED) is 0.567. The van der Waals surface area contributed by atoms with E-state index in [2.05, 4.69) is 55.8 Å². The SMILES string of the molecule is CN=C(NCc1ccc(N2CCOCC2)cc1)NC1CCN(c2cccc(Cl)c2)C1. The van der Waals surface area contributed by atoms with Gasteiger partial charge in [0.05, 0.1) is 13.2 Å². The molecule has 4 rings (SSSR count). The first kappa shape index (κ1) is 20.8. The Morgan fingerprint density at radius 3 is 2.60 bits per heavy atom. The van der Waals surface area contributed by atoms with E-state index in [4.69, 9.17) is 16.3 Å². The molecule has 0 bridgehead atoms. The fraction of sp³-hybridized carbons (Fsp3) is 0.435. The van der Waals surface area contributed by atoms with E-state index in [1.807, 2.05) is 25.2 Å². The van der Waals surface area contributed by atoms with Crippen LogP contribution in [0.3, 0.4) is 0 Å². The van der Waals surface area contributed by atoms with Crippen molar-refractivity contribution < 1.29 is 4.74 Å². The Morgan fingerprint density at radius 1 is 1.07 bits per heavy atom. The molecule has 1 unspecified atom stereocenters. The highest BCUT2D eigenvalue weighted by Gasteiger charge is 2.23. The molecule has 2 aromatic rings. The normalized spacial score (nSPS) is 19.8. The van der Waals surface area contributed by atoms with Gasteiger partial charge in [-0.25, -0.2) is 0 Å². The third kappa shape index (κ3) is 5.37. The van der Waals surface area contributed by atoms with E-state index in [0.29, 0.717) is 6.04 Å². The van der Waals surface area contributed by atoms with Gasteiger partial charge in [-0.3, -0.25) is 4.99 Å². The molecule has 0 amide bonds. The van der Waals surface area contributed by atoms with Gasteiger partial charge in [0.1, 0.15) is 0 Å². The molecule has 1 atom stereocenters. The summed E-state index contributed by atoms with van der Waals surface area (Å²) in [4.78, 5) is 9.13. The van der Waals surface area contributed by atoms with Gasteiger partial charge >= 0.3 is 0 Å². The van der Waals surface area contributed by atoms with E-state index in [0.717, 1.165) is 63.3 Å². The summed E-state index contributed by atoms with van der Waals surface area (Å²) in [6.45, 7) is 6.23. The molecule has 0 aromatic heterocycles. The van der Waals surface area contributed by atoms with Crippen LogP contribution in [0.25, 0.3) is 0 Å². The van der Waals surface area contributed by atoms with Crippen LogP contribution in [0.4, 0.5) is 11.4 Å². The number of aliphatic imine (C=N–C) groups is 1. The molecule has 0 radical (unpaired) electrons. The zero-order valence-electron chi connectivity index (χ0n) is 17.5. The van der Waals surface area contributed by atoms with E-state index >= 15 is 0 Å². The first-order valence-corrected chi connectivity index (χ1v) is 11.0. The second-order valence-corrected chi connectivity index (χ2v) is 8.18. The average Bonchev–Trinajstić information content (AvgIpc) is 3.26. The maximum Gasteiger partial charge on any atom is 0.191 e. The smallest absolute Gasteiger partial charge is 0.191 e. The number of ether oxygens (including phenoxy) is 1. The summed E-state index contributed by atoms with van der Waals surface area (Å²) >= 11 is 6.14. The highest BCUT2D eigenvalue weighted by molar-refractivity contribution is 6.30. The first-order valence-electron chi connectivity index (χ1n) is 10.6. The van der Waals surface area contributed by atoms with Gasteiger partial charge in [0.15, 0.2) is 5.96 Å². The van der Waals surface area contributed by atoms with Crippen LogP contribution in [0.1, 0.15) is 12.0 Å². The van der Waals surface area contributed by atoms with Crippen molar-refractivity contribution in [3.8, 4) is 0 Å². The van der Waals surface area contributed by atoms with Crippen molar-refractivity contribution in [1.82, 2.24) is 10.6 Å². The molecule has 7 heteroatoms. The van der Waals surface area contributed by atoms with Crippen molar-refractivity contribution in [2.45, 2.75) is 19.0 Å². The maximum atomic E-state index is 6.14. The minimum Gasteiger partial charge on any atom is -0.378 e. The number of hydrogen-bond acceptors (Lipinski definition) is 4. The lowest BCUT2D eigenvalue weighted by Crippen LogP contribution is -2.44. The standard InChI is InChI=1S/C23H30ClN5O/c1-25-23(27-20-9-10-29(17-20)22-4-2-3-19(24)15-22)26-16-18-5-7-21(8-6-18)28-11-13-30-14-12-28/h2-8,15,20H,9-14,16-17H2,1H3,(H2,25,26,27). The highest BCUT2D eigenvalue weighted by Crippen LogP contribution is 2.23. The molecule has 2 saturated heterocycles. The average molecular weight is 428 g/mol. The van der Waals surface area contributed by atoms with E-state index in [-0.39, 0.29) is 0 Å². The van der Waals surface area contributed by atoms with Crippen molar-refractivity contribution in [3.63, 3.8) is 0 Å². The van der Waals surface area contributed by atoms with Crippen LogP contribution in [0.15, 0.2) is 53.5 Å². The summed E-state index contributed by atoms with van der Waals surface area (Å²) in [7, 11) is 1.82. The number of morpholine rings is 1. The number of rotatable bonds is 5. The molecule has 0 aliphatic carbocycles. The van der Waals surface area contributed by atoms with Crippen molar-refractivity contribution in [2.75, 3.05) is 56.2 Å². The van der Waals surface area contributed by atoms with Gasteiger partial charge in [-0.1, -0.05) is 29.8 Å². The predicted octanol–water partition coefficient (Wildman–Crippen LogP) is 3.12. The molecule has 0 saturated carbocycles. The fourth-order valence-corrected chi connectivity index (χ4v) is 4.19. The lowest BCUT2D eigenvalue weighted by molar-refractivity contribution is 0.122. The van der Waals surface area contributed by atoms with Gasteiger partial charge in [0, 0.05) is 62.2 Å². The molecule has 160 valence electrons. The molecule has 2 aliphatic heterocycles. The molecule has 0 spiro atoms. The molecule has 2 N–H and O–H groups in total. The predicted molar refractivity (Wildman–Crippen MR) is 125 cm³/mol. The second-order valence-electron chi connectivity index (χ2n) is 7.75. The lowest BCUT2D eigenvalue weighted by Gasteiger charge is -2.29. The van der Waals surface area contributed by atoms with Crippen LogP contribution in [-0.2, 0) is 11.3 Å². The lowest BCUT2D eigenvalue weighted by atomic mass is 10.2. The number of anilines is 2. The van der Waals surface area contributed by atoms with E-state index in [9.17, 15) is 0 Å². The molecular weight excluding hydrogens is 398 g/mol. The number of benzene rings is 2. The summed E-state index contributed by atoms with van der Waals surface area (Å²) in [5.74, 6) is 0.838. The minimum absolute atomic E-state index is 0.360. The molecule has 30 heavy (non-hydrogen) atoms. The van der Waals surface area contributed by atoms with Crippen LogP contribution in [0.2, 0.25) is 5.02 Å². The Bertz CT molecular complexity index is 851. The molecule has 2 aromatic carbocycles. The highest BCUT2D eigenvalue weighted by atomic mass is 35.5. The summed E-state index contributed by atoms with van der Waals surface area (Å²) in [5, 5.41) is 7.78. The monoisotopic (exact) mass is 427 g/mol. The maximum absolute atomic E-state index is 6.14. The van der Waals surface area contributed by atoms with E-state index in [1.165, 1.54) is 16.9 Å². The number of halogens is 1. The van der Waals surface area contributed by atoms with Crippen molar-refractivity contribution in [3.05, 3.63) is 59.1 Å². The van der Waals surface area contributed by atoms with E-state index < -0.39 is 0 Å². The molecular formula is C23H30ClN5O. The number of nitrogens with zero attached hydrogens (tertiary/aromatic N) is 3. The van der Waals surface area contributed by atoms with Crippen molar-refractivity contribution in [2.24, 2.45) is 4.99 Å². The Labute approximate surface area is 183 Å². The first-order chi connectivity index (χ1) is 14.7. The summed E-state index contributed by atoms with van der Waals surface area (Å²) in [6.07, 6.45) is 1.07. The Hall–Kier alpha value is -2.44. The van der Waals surface area contributed by atoms with Crippen molar-refractivity contribution >= 4 is 28.9 Å². The third-order valence-corrected chi connectivity index (χ3v) is 5.93. The topological polar surface area (TPSA) is 52.1 Å². The second kappa shape index (κ2) is 10.0. The summed E-state index contributed by atoms with van der Waals surface area (Å²) in [6, 6.07) is 17.2. The van der Waals surface area contributed by atoms with Gasteiger partial charge in [0.25, 0.3) is 0 Å². The summed E-state index contributed by atoms with van der Waals surface area (Å²) < 4.78 is 5.43. The van der Waals surface area contributed by atoms with Gasteiger partial charge in [-0.05, 0) is 42.3 Å². The Kier molecular flexibility index (Phi) is 6.97. The number of guanidine groups is 1. The van der Waals surface area contributed by atoms with Crippen LogP contribution < -0.4 is 20.4 Å². The molecule has 2 fully saturated rings. The largest absolute Gasteiger partial charge is 0.378 e. The summed E-state index contributed by atoms with van der Waals surface area (Å²) in [5.41, 5.74) is 3.67. The minimum atomic E-state index is 0.360. The molecule has 6 nitrogen and oxygen atoms in total. The van der Waals surface area contributed by atoms with Gasteiger partial charge < -0.3 is 25.2 Å². The number of nitrogens with one attached hydrogen (secondary N) is 2. The molecule has 2 aliphatic rings. The zero-order chi connectivity index (χ0) is 20.8. The Balaban J connectivity index is 1.26.